The van der Waals surface area contributed by atoms with Gasteiger partial charge in [0.15, 0.2) is 0 Å². The summed E-state index contributed by atoms with van der Waals surface area (Å²) in [6.45, 7) is 0.0655. The summed E-state index contributed by atoms with van der Waals surface area (Å²) in [7, 11) is 0. The molecule has 0 spiro atoms. The van der Waals surface area contributed by atoms with Crippen LogP contribution in [0, 0.1) is 13.7 Å². The van der Waals surface area contributed by atoms with Crippen LogP contribution in [0.4, 0.5) is 5.69 Å². The summed E-state index contributed by atoms with van der Waals surface area (Å²) in [5.41, 5.74) is 0.354. The largest absolute Gasteiger partial charge is 0.487 e. The van der Waals surface area contributed by atoms with Crippen molar-refractivity contribution in [3.05, 3.63) is 66.7 Å². The number of benzene rings is 2. The van der Waals surface area contributed by atoms with Gasteiger partial charge in [0.1, 0.15) is 12.4 Å². The topological polar surface area (TPSA) is 52.4 Å². The van der Waals surface area contributed by atoms with E-state index in [1.165, 1.54) is 6.07 Å². The second kappa shape index (κ2) is 6.21. The molecule has 98 valence electrons. The zero-order chi connectivity index (χ0) is 13.8. The molecule has 0 N–H and O–H groups in total. The molecule has 2 aromatic rings. The molecular formula is C13H9ClINO3. The summed E-state index contributed by atoms with van der Waals surface area (Å²) in [4.78, 5) is 10.5. The molecule has 0 unspecified atom stereocenters. The van der Waals surface area contributed by atoms with Gasteiger partial charge in [-0.25, -0.2) is 0 Å². The molecule has 0 bridgehead atoms. The molecule has 0 heterocycles. The first-order chi connectivity index (χ1) is 9.09. The molecule has 0 aliphatic carbocycles. The Kier molecular flexibility index (Phi) is 4.60. The smallest absolute Gasteiger partial charge is 0.277 e. The van der Waals surface area contributed by atoms with E-state index in [1.807, 2.05) is 24.3 Å². The summed E-state index contributed by atoms with van der Waals surface area (Å²) in [5, 5.41) is 11.3. The molecule has 2 aromatic carbocycles. The normalized spacial score (nSPS) is 10.2. The molecule has 0 atom stereocenters. The van der Waals surface area contributed by atoms with E-state index in [0.717, 1.165) is 3.57 Å². The molecule has 0 fully saturated rings. The van der Waals surface area contributed by atoms with Crippen molar-refractivity contribution in [3.63, 3.8) is 0 Å². The van der Waals surface area contributed by atoms with Crippen molar-refractivity contribution < 1.29 is 9.66 Å². The number of hydrogen-bond acceptors (Lipinski definition) is 3. The Bertz CT molecular complexity index is 619. The van der Waals surface area contributed by atoms with Crippen molar-refractivity contribution in [3.8, 4) is 5.75 Å². The first-order valence-corrected chi connectivity index (χ1v) is 6.84. The number of hydrogen-bond donors (Lipinski definition) is 0. The van der Waals surface area contributed by atoms with Gasteiger partial charge in [0, 0.05) is 6.07 Å². The molecule has 0 radical (unpaired) electrons. The number of rotatable bonds is 4. The van der Waals surface area contributed by atoms with Gasteiger partial charge in [-0.15, -0.1) is 0 Å². The number of para-hydroxylation sites is 1. The first kappa shape index (κ1) is 14.1. The fourth-order valence-corrected chi connectivity index (χ4v) is 2.34. The predicted octanol–water partition coefficient (Wildman–Crippen LogP) is 4.43. The molecule has 2 rings (SSSR count). The highest BCUT2D eigenvalue weighted by Gasteiger charge is 2.17. The Hall–Kier alpha value is -1.34. The minimum atomic E-state index is -0.458. The molecule has 4 nitrogen and oxygen atoms in total. The average molecular weight is 390 g/mol. The van der Waals surface area contributed by atoms with E-state index in [1.54, 1.807) is 12.1 Å². The molecule has 0 aromatic heterocycles. The van der Waals surface area contributed by atoms with E-state index >= 15 is 0 Å². The van der Waals surface area contributed by atoms with E-state index < -0.39 is 4.92 Å². The minimum absolute atomic E-state index is 0.0292. The standard InChI is InChI=1S/C13H9ClINO3/c14-10-4-3-6-12(16(17)18)9(10)8-19-13-7-2-1-5-11(13)15/h1-7H,8H2. The first-order valence-electron chi connectivity index (χ1n) is 5.38. The van der Waals surface area contributed by atoms with Crippen LogP contribution in [0.2, 0.25) is 5.02 Å². The highest BCUT2D eigenvalue weighted by molar-refractivity contribution is 14.1. The minimum Gasteiger partial charge on any atom is -0.487 e. The Morgan fingerprint density at radius 2 is 1.95 bits per heavy atom. The maximum atomic E-state index is 10.9. The Labute approximate surface area is 128 Å². The highest BCUT2D eigenvalue weighted by atomic mass is 127. The SMILES string of the molecule is O=[N+]([O-])c1cccc(Cl)c1COc1ccccc1I. The second-order valence-corrected chi connectivity index (χ2v) is 5.28. The zero-order valence-corrected chi connectivity index (χ0v) is 12.6. The summed E-state index contributed by atoms with van der Waals surface area (Å²) >= 11 is 8.14. The van der Waals surface area contributed by atoms with E-state index in [9.17, 15) is 10.1 Å². The summed E-state index contributed by atoms with van der Waals surface area (Å²) in [6, 6.07) is 12.0. The zero-order valence-electron chi connectivity index (χ0n) is 9.68. The lowest BCUT2D eigenvalue weighted by atomic mass is 10.2. The lowest BCUT2D eigenvalue weighted by molar-refractivity contribution is -0.385. The van der Waals surface area contributed by atoms with Gasteiger partial charge in [-0.05, 0) is 40.8 Å². The van der Waals surface area contributed by atoms with Crippen molar-refractivity contribution in [2.45, 2.75) is 6.61 Å². The quantitative estimate of drug-likeness (QED) is 0.441. The summed E-state index contributed by atoms with van der Waals surface area (Å²) < 4.78 is 6.54. The van der Waals surface area contributed by atoms with E-state index in [-0.39, 0.29) is 12.3 Å². The van der Waals surface area contributed by atoms with E-state index in [0.29, 0.717) is 16.3 Å². The van der Waals surface area contributed by atoms with Crippen molar-refractivity contribution in [2.75, 3.05) is 0 Å². The third-order valence-corrected chi connectivity index (χ3v) is 3.74. The van der Waals surface area contributed by atoms with Crippen LogP contribution in [0.1, 0.15) is 5.56 Å². The van der Waals surface area contributed by atoms with Gasteiger partial charge in [-0.1, -0.05) is 29.8 Å². The summed E-state index contributed by atoms with van der Waals surface area (Å²) in [6.07, 6.45) is 0. The van der Waals surface area contributed by atoms with Gasteiger partial charge in [-0.3, -0.25) is 10.1 Å². The van der Waals surface area contributed by atoms with Crippen LogP contribution < -0.4 is 4.74 Å². The van der Waals surface area contributed by atoms with Crippen LogP contribution in [0.25, 0.3) is 0 Å². The molecule has 0 saturated heterocycles. The van der Waals surface area contributed by atoms with Gasteiger partial charge in [0.25, 0.3) is 5.69 Å². The third kappa shape index (κ3) is 3.36. The van der Waals surface area contributed by atoms with E-state index in [4.69, 9.17) is 16.3 Å². The van der Waals surface area contributed by atoms with E-state index in [2.05, 4.69) is 22.6 Å². The Morgan fingerprint density at radius 3 is 2.63 bits per heavy atom. The van der Waals surface area contributed by atoms with Crippen LogP contribution in [0.5, 0.6) is 5.75 Å². The van der Waals surface area contributed by atoms with Crippen LogP contribution >= 0.6 is 34.2 Å². The molecule has 0 amide bonds. The fourth-order valence-electron chi connectivity index (χ4n) is 1.57. The van der Waals surface area contributed by atoms with Crippen molar-refractivity contribution in [2.24, 2.45) is 0 Å². The number of nitrogens with zero attached hydrogens (tertiary/aromatic N) is 1. The van der Waals surface area contributed by atoms with Crippen LogP contribution in [-0.2, 0) is 6.61 Å². The molecule has 0 aliphatic rings. The summed E-state index contributed by atoms with van der Waals surface area (Å²) in [5.74, 6) is 0.678. The third-order valence-electron chi connectivity index (χ3n) is 2.50. The fraction of sp³-hybridized carbons (Fsp3) is 0.0769. The molecule has 0 saturated carbocycles. The van der Waals surface area contributed by atoms with Crippen molar-refractivity contribution >= 4 is 39.9 Å². The highest BCUT2D eigenvalue weighted by Crippen LogP contribution is 2.28. The van der Waals surface area contributed by atoms with Crippen molar-refractivity contribution in [1.82, 2.24) is 0 Å². The number of halogens is 2. The van der Waals surface area contributed by atoms with Crippen molar-refractivity contribution in [1.29, 1.82) is 0 Å². The van der Waals surface area contributed by atoms with Gasteiger partial charge in [0.2, 0.25) is 0 Å². The maximum absolute atomic E-state index is 10.9. The van der Waals surface area contributed by atoms with Gasteiger partial charge >= 0.3 is 0 Å². The number of ether oxygens (including phenoxy) is 1. The van der Waals surface area contributed by atoms with Gasteiger partial charge in [-0.2, -0.15) is 0 Å². The lowest BCUT2D eigenvalue weighted by Gasteiger charge is -2.09. The number of nitro groups is 1. The average Bonchev–Trinajstić information content (AvgIpc) is 2.38. The monoisotopic (exact) mass is 389 g/mol. The van der Waals surface area contributed by atoms with Crippen LogP contribution in [-0.4, -0.2) is 4.92 Å². The van der Waals surface area contributed by atoms with Crippen LogP contribution in [0.3, 0.4) is 0 Å². The molecule has 19 heavy (non-hydrogen) atoms. The molecule has 0 aliphatic heterocycles. The predicted molar refractivity (Wildman–Crippen MR) is 81.6 cm³/mol. The van der Waals surface area contributed by atoms with Gasteiger partial charge in [0.05, 0.1) is 19.1 Å². The van der Waals surface area contributed by atoms with Crippen LogP contribution in [0.15, 0.2) is 42.5 Å². The second-order valence-electron chi connectivity index (χ2n) is 3.71. The molecular weight excluding hydrogens is 381 g/mol. The Morgan fingerprint density at radius 1 is 1.21 bits per heavy atom. The Balaban J connectivity index is 2.25. The lowest BCUT2D eigenvalue weighted by Crippen LogP contribution is -2.02. The van der Waals surface area contributed by atoms with Gasteiger partial charge < -0.3 is 4.74 Å². The maximum Gasteiger partial charge on any atom is 0.277 e. The molecule has 6 heteroatoms. The number of nitro benzene ring substituents is 1.